The Balaban J connectivity index is 2.16. The third-order valence-corrected chi connectivity index (χ3v) is 2.72. The van der Waals surface area contributed by atoms with E-state index in [2.05, 4.69) is 0 Å². The highest BCUT2D eigenvalue weighted by Crippen LogP contribution is 2.37. The van der Waals surface area contributed by atoms with E-state index in [9.17, 15) is 17.6 Å². The van der Waals surface area contributed by atoms with Crippen LogP contribution in [0.4, 0.5) is 17.6 Å². The Bertz CT molecular complexity index is 380. The van der Waals surface area contributed by atoms with E-state index >= 15 is 0 Å². The zero-order valence-electron chi connectivity index (χ0n) is 8.97. The highest BCUT2D eigenvalue weighted by molar-refractivity contribution is 5.15. The molecular weight excluding hydrogens is 236 g/mol. The van der Waals surface area contributed by atoms with Gasteiger partial charge in [-0.05, 0) is 5.56 Å². The summed E-state index contributed by atoms with van der Waals surface area (Å²) in [6, 6.07) is 0.0449. The minimum Gasteiger partial charge on any atom is -0.250 e. The molecule has 0 unspecified atom stereocenters. The van der Waals surface area contributed by atoms with E-state index in [-0.39, 0.29) is 19.6 Å². The summed E-state index contributed by atoms with van der Waals surface area (Å²) in [5.74, 6) is 0. The lowest BCUT2D eigenvalue weighted by atomic mass is 10.2. The summed E-state index contributed by atoms with van der Waals surface area (Å²) >= 11 is 0. The van der Waals surface area contributed by atoms with Crippen LogP contribution in [0, 0.1) is 0 Å². The van der Waals surface area contributed by atoms with Gasteiger partial charge in [0.15, 0.2) is 0 Å². The molecule has 1 aromatic carbocycles. The second-order valence-electron chi connectivity index (χ2n) is 3.95. The standard InChI is InChI=1S/C11H12F4N2/c12-10(13)11(14,15)17(7-6-16-10)8-9-4-2-1-3-5-9/h1-5,16H,6-8H2. The van der Waals surface area contributed by atoms with Crippen molar-refractivity contribution in [1.29, 1.82) is 0 Å². The lowest BCUT2D eigenvalue weighted by Crippen LogP contribution is -2.66. The molecule has 0 saturated carbocycles. The molecule has 0 bridgehead atoms. The first-order valence-electron chi connectivity index (χ1n) is 5.23. The van der Waals surface area contributed by atoms with E-state index in [1.165, 1.54) is 5.32 Å². The first-order valence-corrected chi connectivity index (χ1v) is 5.23. The van der Waals surface area contributed by atoms with E-state index in [1.807, 2.05) is 0 Å². The summed E-state index contributed by atoms with van der Waals surface area (Å²) < 4.78 is 53.0. The molecular formula is C11H12F4N2. The summed E-state index contributed by atoms with van der Waals surface area (Å²) in [5.41, 5.74) is 0.588. The van der Waals surface area contributed by atoms with Crippen LogP contribution in [0.25, 0.3) is 0 Å². The molecule has 6 heteroatoms. The number of hydrogen-bond acceptors (Lipinski definition) is 2. The van der Waals surface area contributed by atoms with Gasteiger partial charge in [-0.2, -0.15) is 17.6 Å². The normalized spacial score (nSPS) is 23.5. The fraction of sp³-hybridized carbons (Fsp3) is 0.455. The van der Waals surface area contributed by atoms with Crippen LogP contribution >= 0.6 is 0 Å². The number of alkyl halides is 4. The van der Waals surface area contributed by atoms with Gasteiger partial charge >= 0.3 is 12.1 Å². The van der Waals surface area contributed by atoms with Crippen molar-refractivity contribution in [2.45, 2.75) is 18.6 Å². The van der Waals surface area contributed by atoms with Crippen LogP contribution in [-0.2, 0) is 6.54 Å². The highest BCUT2D eigenvalue weighted by Gasteiger charge is 2.62. The zero-order valence-corrected chi connectivity index (χ0v) is 8.97. The molecule has 0 aromatic heterocycles. The van der Waals surface area contributed by atoms with Gasteiger partial charge in [-0.1, -0.05) is 30.3 Å². The third kappa shape index (κ3) is 2.28. The molecule has 17 heavy (non-hydrogen) atoms. The minimum absolute atomic E-state index is 0.114. The van der Waals surface area contributed by atoms with E-state index in [0.29, 0.717) is 10.5 Å². The first-order chi connectivity index (χ1) is 7.93. The second kappa shape index (κ2) is 4.27. The molecule has 1 aliphatic heterocycles. The van der Waals surface area contributed by atoms with Gasteiger partial charge in [-0.3, -0.25) is 5.32 Å². The Hall–Kier alpha value is -1.14. The van der Waals surface area contributed by atoms with E-state index < -0.39 is 12.1 Å². The Morgan fingerprint density at radius 2 is 1.76 bits per heavy atom. The number of rotatable bonds is 2. The number of hydrogen-bond donors (Lipinski definition) is 1. The maximum Gasteiger partial charge on any atom is 0.382 e. The maximum absolute atomic E-state index is 13.4. The van der Waals surface area contributed by atoms with Crippen molar-refractivity contribution in [2.24, 2.45) is 0 Å². The number of benzene rings is 1. The molecule has 0 spiro atoms. The summed E-state index contributed by atoms with van der Waals surface area (Å²) in [4.78, 5) is 0.499. The topological polar surface area (TPSA) is 15.3 Å². The van der Waals surface area contributed by atoms with Crippen LogP contribution in [0.15, 0.2) is 30.3 Å². The van der Waals surface area contributed by atoms with Crippen molar-refractivity contribution in [3.63, 3.8) is 0 Å². The largest absolute Gasteiger partial charge is 0.382 e. The highest BCUT2D eigenvalue weighted by atomic mass is 19.3. The van der Waals surface area contributed by atoms with Gasteiger partial charge < -0.3 is 0 Å². The summed E-state index contributed by atoms with van der Waals surface area (Å²) in [6.45, 7) is -0.460. The van der Waals surface area contributed by atoms with Gasteiger partial charge in [-0.15, -0.1) is 0 Å². The van der Waals surface area contributed by atoms with Crippen LogP contribution in [0.3, 0.4) is 0 Å². The quantitative estimate of drug-likeness (QED) is 0.638. The Labute approximate surface area is 96.2 Å². The fourth-order valence-electron chi connectivity index (χ4n) is 1.78. The zero-order chi connectivity index (χ0) is 12.5. The van der Waals surface area contributed by atoms with Crippen molar-refractivity contribution in [1.82, 2.24) is 10.2 Å². The predicted octanol–water partition coefficient (Wildman–Crippen LogP) is 2.28. The molecule has 1 N–H and O–H groups in total. The van der Waals surface area contributed by atoms with Crippen molar-refractivity contribution in [3.8, 4) is 0 Å². The molecule has 1 aliphatic rings. The molecule has 0 radical (unpaired) electrons. The first kappa shape index (κ1) is 12.3. The average molecular weight is 248 g/mol. The molecule has 2 rings (SSSR count). The van der Waals surface area contributed by atoms with Gasteiger partial charge in [0.25, 0.3) is 0 Å². The monoisotopic (exact) mass is 248 g/mol. The molecule has 94 valence electrons. The minimum atomic E-state index is -4.18. The second-order valence-corrected chi connectivity index (χ2v) is 3.95. The molecule has 1 aromatic rings. The molecule has 0 aliphatic carbocycles. The number of nitrogens with one attached hydrogen (secondary N) is 1. The summed E-state index contributed by atoms with van der Waals surface area (Å²) in [6.07, 6.45) is 0. The van der Waals surface area contributed by atoms with Crippen molar-refractivity contribution in [2.75, 3.05) is 13.1 Å². The summed E-state index contributed by atoms with van der Waals surface area (Å²) in [5, 5.41) is 1.54. The molecule has 1 saturated heterocycles. The Kier molecular flexibility index (Phi) is 3.09. The predicted molar refractivity (Wildman–Crippen MR) is 54.7 cm³/mol. The van der Waals surface area contributed by atoms with Gasteiger partial charge in [0, 0.05) is 19.6 Å². The lowest BCUT2D eigenvalue weighted by molar-refractivity contribution is -0.316. The summed E-state index contributed by atoms with van der Waals surface area (Å²) in [7, 11) is 0. The van der Waals surface area contributed by atoms with E-state index in [0.717, 1.165) is 0 Å². The van der Waals surface area contributed by atoms with Crippen molar-refractivity contribution >= 4 is 0 Å². The van der Waals surface area contributed by atoms with Crippen molar-refractivity contribution in [3.05, 3.63) is 35.9 Å². The smallest absolute Gasteiger partial charge is 0.250 e. The molecule has 1 heterocycles. The Morgan fingerprint density at radius 1 is 1.12 bits per heavy atom. The van der Waals surface area contributed by atoms with E-state index in [1.54, 1.807) is 30.3 Å². The molecule has 2 nitrogen and oxygen atoms in total. The van der Waals surface area contributed by atoms with Crippen LogP contribution < -0.4 is 5.32 Å². The van der Waals surface area contributed by atoms with Crippen LogP contribution in [0.2, 0.25) is 0 Å². The van der Waals surface area contributed by atoms with E-state index in [4.69, 9.17) is 0 Å². The average Bonchev–Trinajstić information content (AvgIpc) is 2.27. The Morgan fingerprint density at radius 3 is 2.41 bits per heavy atom. The molecule has 0 atom stereocenters. The van der Waals surface area contributed by atoms with Crippen LogP contribution in [-0.4, -0.2) is 30.1 Å². The number of halogens is 4. The van der Waals surface area contributed by atoms with Gasteiger partial charge in [-0.25, -0.2) is 4.90 Å². The van der Waals surface area contributed by atoms with Gasteiger partial charge in [0.05, 0.1) is 0 Å². The SMILES string of the molecule is FC1(F)NCCN(Cc2ccccc2)C1(F)F. The van der Waals surface area contributed by atoms with Gasteiger partial charge in [0.1, 0.15) is 0 Å². The van der Waals surface area contributed by atoms with Crippen LogP contribution in [0.5, 0.6) is 0 Å². The molecule has 1 fully saturated rings. The lowest BCUT2D eigenvalue weighted by Gasteiger charge is -2.40. The van der Waals surface area contributed by atoms with Gasteiger partial charge in [0.2, 0.25) is 0 Å². The fourth-order valence-corrected chi connectivity index (χ4v) is 1.78. The maximum atomic E-state index is 13.4. The number of piperazine rings is 1. The third-order valence-electron chi connectivity index (χ3n) is 2.72. The van der Waals surface area contributed by atoms with Crippen LogP contribution in [0.1, 0.15) is 5.56 Å². The van der Waals surface area contributed by atoms with Crippen molar-refractivity contribution < 1.29 is 17.6 Å². The number of nitrogens with zero attached hydrogens (tertiary/aromatic N) is 1. The molecule has 0 amide bonds.